The molecule has 1 fully saturated rings. The quantitative estimate of drug-likeness (QED) is 0.805. The van der Waals surface area contributed by atoms with E-state index in [1.165, 1.54) is 41.3 Å². The fourth-order valence-corrected chi connectivity index (χ4v) is 4.47. The fourth-order valence-electron chi connectivity index (χ4n) is 3.34. The van der Waals surface area contributed by atoms with Crippen LogP contribution in [0.25, 0.3) is 0 Å². The Hall–Kier alpha value is -0.450. The van der Waals surface area contributed by atoms with Crippen LogP contribution in [0.2, 0.25) is 0 Å². The summed E-state index contributed by atoms with van der Waals surface area (Å²) < 4.78 is 5.22. The average molecular weight is 311 g/mol. The lowest BCUT2D eigenvalue weighted by molar-refractivity contribution is 0.137. The lowest BCUT2D eigenvalue weighted by Gasteiger charge is -2.41. The monoisotopic (exact) mass is 310 g/mol. The summed E-state index contributed by atoms with van der Waals surface area (Å²) in [6.45, 7) is 10.7. The van der Waals surface area contributed by atoms with Crippen LogP contribution in [-0.4, -0.2) is 25.2 Å². The number of methoxy groups -OCH3 is 1. The molecule has 0 spiro atoms. The molecule has 1 N–H and O–H groups in total. The summed E-state index contributed by atoms with van der Waals surface area (Å²) in [5, 5.41) is 5.06. The number of aryl methyl sites for hydroxylation is 2. The van der Waals surface area contributed by atoms with Gasteiger partial charge < -0.3 is 10.1 Å². The number of ether oxygens (including phenoxy) is 1. The zero-order valence-electron chi connectivity index (χ0n) is 14.2. The van der Waals surface area contributed by atoms with E-state index in [-0.39, 0.29) is 5.54 Å². The molecule has 1 saturated carbocycles. The Bertz CT molecular complexity index is 428. The summed E-state index contributed by atoms with van der Waals surface area (Å²) in [6.07, 6.45) is 5.00. The van der Waals surface area contributed by atoms with E-state index in [4.69, 9.17) is 9.72 Å². The van der Waals surface area contributed by atoms with Gasteiger partial charge >= 0.3 is 0 Å². The molecule has 1 aliphatic carbocycles. The molecule has 0 saturated heterocycles. The first-order valence-corrected chi connectivity index (χ1v) is 8.98. The van der Waals surface area contributed by atoms with Crippen LogP contribution in [0.3, 0.4) is 0 Å². The Balaban J connectivity index is 2.16. The van der Waals surface area contributed by atoms with Crippen molar-refractivity contribution < 1.29 is 4.74 Å². The maximum absolute atomic E-state index is 5.22. The minimum absolute atomic E-state index is 0.0770. The van der Waals surface area contributed by atoms with Crippen molar-refractivity contribution in [1.29, 1.82) is 0 Å². The average Bonchev–Trinajstić information content (AvgIpc) is 2.80. The van der Waals surface area contributed by atoms with Gasteiger partial charge in [-0.05, 0) is 51.4 Å². The molecule has 0 amide bonds. The lowest BCUT2D eigenvalue weighted by Crippen LogP contribution is -2.47. The van der Waals surface area contributed by atoms with Gasteiger partial charge in [-0.3, -0.25) is 0 Å². The van der Waals surface area contributed by atoms with Crippen LogP contribution in [0.4, 0.5) is 0 Å². The second-order valence-electron chi connectivity index (χ2n) is 6.74. The van der Waals surface area contributed by atoms with Gasteiger partial charge in [0.25, 0.3) is 0 Å². The van der Waals surface area contributed by atoms with Gasteiger partial charge in [-0.2, -0.15) is 0 Å². The van der Waals surface area contributed by atoms with Crippen molar-refractivity contribution in [3.8, 4) is 0 Å². The van der Waals surface area contributed by atoms with Crippen LogP contribution in [0.15, 0.2) is 0 Å². The molecule has 2 rings (SSSR count). The summed E-state index contributed by atoms with van der Waals surface area (Å²) in [5.74, 6) is 1.66. The molecular weight excluding hydrogens is 280 g/mol. The van der Waals surface area contributed by atoms with Crippen molar-refractivity contribution in [2.45, 2.75) is 58.9 Å². The predicted molar refractivity (Wildman–Crippen MR) is 89.9 cm³/mol. The maximum Gasteiger partial charge on any atom is 0.113 e. The van der Waals surface area contributed by atoms with Gasteiger partial charge in [-0.15, -0.1) is 11.3 Å². The number of hydrogen-bond acceptors (Lipinski definition) is 4. The van der Waals surface area contributed by atoms with Gasteiger partial charge in [0.2, 0.25) is 0 Å². The first-order valence-electron chi connectivity index (χ1n) is 8.17. The van der Waals surface area contributed by atoms with Gasteiger partial charge in [0.15, 0.2) is 0 Å². The molecule has 1 aromatic rings. The second-order valence-corrected chi connectivity index (χ2v) is 7.95. The molecule has 3 nitrogen and oxygen atoms in total. The van der Waals surface area contributed by atoms with Gasteiger partial charge in [0.1, 0.15) is 5.01 Å². The van der Waals surface area contributed by atoms with Crippen LogP contribution in [0.1, 0.15) is 55.1 Å². The van der Waals surface area contributed by atoms with E-state index in [0.29, 0.717) is 0 Å². The zero-order valence-corrected chi connectivity index (χ0v) is 15.0. The highest BCUT2D eigenvalue weighted by Gasteiger charge is 2.39. The lowest BCUT2D eigenvalue weighted by atomic mass is 9.73. The Kier molecular flexibility index (Phi) is 5.81. The van der Waals surface area contributed by atoms with Crippen LogP contribution in [-0.2, 0) is 10.3 Å². The number of thiazole rings is 1. The molecule has 21 heavy (non-hydrogen) atoms. The van der Waals surface area contributed by atoms with Crippen molar-refractivity contribution in [3.63, 3.8) is 0 Å². The normalized spacial score (nSPS) is 26.5. The van der Waals surface area contributed by atoms with E-state index < -0.39 is 0 Å². The third-order valence-corrected chi connectivity index (χ3v) is 6.31. The molecule has 0 radical (unpaired) electrons. The first-order chi connectivity index (χ1) is 9.98. The van der Waals surface area contributed by atoms with Crippen LogP contribution in [0.5, 0.6) is 0 Å². The third kappa shape index (κ3) is 3.85. The van der Waals surface area contributed by atoms with Gasteiger partial charge in [0, 0.05) is 18.5 Å². The molecule has 4 heteroatoms. The first kappa shape index (κ1) is 16.9. The van der Waals surface area contributed by atoms with Crippen molar-refractivity contribution in [2.24, 2.45) is 11.8 Å². The standard InChI is InChI=1S/C17H30N2OS/c1-12(2)15-6-8-17(9-7-15,18-10-11-20-5)16-19-13(3)14(4)21-16/h12,15,18H,6-11H2,1-5H3. The molecule has 1 heterocycles. The molecule has 0 bridgehead atoms. The Morgan fingerprint density at radius 2 is 2.00 bits per heavy atom. The Morgan fingerprint density at radius 3 is 2.48 bits per heavy atom. The van der Waals surface area contributed by atoms with Crippen molar-refractivity contribution in [1.82, 2.24) is 10.3 Å². The fraction of sp³-hybridized carbons (Fsp3) is 0.824. The Morgan fingerprint density at radius 1 is 1.33 bits per heavy atom. The van der Waals surface area contributed by atoms with E-state index in [2.05, 4.69) is 33.0 Å². The molecule has 120 valence electrons. The number of rotatable bonds is 6. The third-order valence-electron chi connectivity index (χ3n) is 5.03. The van der Waals surface area contributed by atoms with E-state index in [9.17, 15) is 0 Å². The van der Waals surface area contributed by atoms with Gasteiger partial charge in [0.05, 0.1) is 17.8 Å². The van der Waals surface area contributed by atoms with E-state index in [0.717, 1.165) is 25.0 Å². The van der Waals surface area contributed by atoms with E-state index in [1.807, 2.05) is 11.3 Å². The number of nitrogens with one attached hydrogen (secondary N) is 1. The largest absolute Gasteiger partial charge is 0.383 e. The summed E-state index contributed by atoms with van der Waals surface area (Å²) in [7, 11) is 1.77. The summed E-state index contributed by atoms with van der Waals surface area (Å²) >= 11 is 1.87. The Labute approximate surface area is 133 Å². The molecule has 0 aliphatic heterocycles. The molecule has 1 aliphatic rings. The van der Waals surface area contributed by atoms with Crippen LogP contribution < -0.4 is 5.32 Å². The number of nitrogens with zero attached hydrogens (tertiary/aromatic N) is 1. The minimum Gasteiger partial charge on any atom is -0.383 e. The van der Waals surface area contributed by atoms with Crippen molar-refractivity contribution >= 4 is 11.3 Å². The van der Waals surface area contributed by atoms with Crippen LogP contribution >= 0.6 is 11.3 Å². The highest BCUT2D eigenvalue weighted by Crippen LogP contribution is 2.43. The topological polar surface area (TPSA) is 34.1 Å². The number of aromatic nitrogens is 1. The molecule has 0 aromatic carbocycles. The number of hydrogen-bond donors (Lipinski definition) is 1. The molecule has 0 atom stereocenters. The molecule has 0 unspecified atom stereocenters. The summed E-state index contributed by atoms with van der Waals surface area (Å²) in [5.41, 5.74) is 1.27. The SMILES string of the molecule is COCCNC1(c2nc(C)c(C)s2)CCC(C(C)C)CC1. The van der Waals surface area contributed by atoms with Crippen LogP contribution in [0, 0.1) is 25.7 Å². The van der Waals surface area contributed by atoms with Crippen molar-refractivity contribution in [3.05, 3.63) is 15.6 Å². The highest BCUT2D eigenvalue weighted by molar-refractivity contribution is 7.11. The second kappa shape index (κ2) is 7.21. The smallest absolute Gasteiger partial charge is 0.113 e. The minimum atomic E-state index is 0.0770. The summed E-state index contributed by atoms with van der Waals surface area (Å²) in [6, 6.07) is 0. The molecular formula is C17H30N2OS. The van der Waals surface area contributed by atoms with Gasteiger partial charge in [-0.25, -0.2) is 4.98 Å². The van der Waals surface area contributed by atoms with E-state index in [1.54, 1.807) is 7.11 Å². The van der Waals surface area contributed by atoms with Gasteiger partial charge in [-0.1, -0.05) is 13.8 Å². The maximum atomic E-state index is 5.22. The predicted octanol–water partition coefficient (Wildman–Crippen LogP) is 4.04. The summed E-state index contributed by atoms with van der Waals surface area (Å²) in [4.78, 5) is 6.22. The highest BCUT2D eigenvalue weighted by atomic mass is 32.1. The molecule has 1 aromatic heterocycles. The zero-order chi connectivity index (χ0) is 15.5. The van der Waals surface area contributed by atoms with Crippen molar-refractivity contribution in [2.75, 3.05) is 20.3 Å². The van der Waals surface area contributed by atoms with E-state index >= 15 is 0 Å².